The number of aliphatic hydroxyl groups excluding tert-OH is 1. The zero-order valence-corrected chi connectivity index (χ0v) is 22.9. The lowest BCUT2D eigenvalue weighted by Gasteiger charge is -2.26. The lowest BCUT2D eigenvalue weighted by Crippen LogP contribution is -2.46. The van der Waals surface area contributed by atoms with Crippen LogP contribution in [0, 0.1) is 6.92 Å². The molecule has 0 bridgehead atoms. The molecule has 3 aromatic rings. The predicted molar refractivity (Wildman–Crippen MR) is 148 cm³/mol. The molecule has 4 heterocycles. The number of methoxy groups -OCH3 is 1. The van der Waals surface area contributed by atoms with E-state index < -0.39 is 12.1 Å². The fourth-order valence-electron chi connectivity index (χ4n) is 4.99. The van der Waals surface area contributed by atoms with E-state index in [0.29, 0.717) is 53.0 Å². The van der Waals surface area contributed by atoms with Gasteiger partial charge in [-0.25, -0.2) is 9.97 Å². The van der Waals surface area contributed by atoms with Gasteiger partial charge in [0.15, 0.2) is 0 Å². The molecule has 1 aromatic carbocycles. The normalized spacial score (nSPS) is 16.8. The van der Waals surface area contributed by atoms with Gasteiger partial charge in [0, 0.05) is 37.2 Å². The SMILES string of the molecule is COc1cccc([C@@H](CO)NC(=O)[C@@H](C)N2Cc3ncc(-c4nc(NC5CCOCC5)ncc4C)cc3C2=O)c1. The molecular weight excluding hydrogens is 512 g/mol. The third-order valence-corrected chi connectivity index (χ3v) is 7.42. The van der Waals surface area contributed by atoms with Crippen molar-refractivity contribution in [2.24, 2.45) is 0 Å². The first kappa shape index (κ1) is 27.5. The number of nitrogens with one attached hydrogen (secondary N) is 2. The molecule has 0 saturated carbocycles. The summed E-state index contributed by atoms with van der Waals surface area (Å²) in [5.74, 6) is 0.497. The van der Waals surface area contributed by atoms with Crippen LogP contribution >= 0.6 is 0 Å². The number of anilines is 1. The summed E-state index contributed by atoms with van der Waals surface area (Å²) in [6.45, 7) is 4.92. The summed E-state index contributed by atoms with van der Waals surface area (Å²) in [6.07, 6.45) is 5.25. The molecular formula is C29H34N6O5. The van der Waals surface area contributed by atoms with Crippen molar-refractivity contribution in [3.8, 4) is 17.0 Å². The number of benzene rings is 1. The molecule has 0 unspecified atom stereocenters. The first-order valence-electron chi connectivity index (χ1n) is 13.4. The Labute approximate surface area is 233 Å². The van der Waals surface area contributed by atoms with Crippen molar-refractivity contribution in [3.05, 3.63) is 65.1 Å². The van der Waals surface area contributed by atoms with Crippen LogP contribution in [-0.2, 0) is 16.1 Å². The lowest BCUT2D eigenvalue weighted by atomic mass is 10.1. The van der Waals surface area contributed by atoms with Crippen molar-refractivity contribution < 1.29 is 24.2 Å². The Kier molecular flexibility index (Phi) is 8.22. The van der Waals surface area contributed by atoms with Crippen molar-refractivity contribution in [2.75, 3.05) is 32.2 Å². The highest BCUT2D eigenvalue weighted by Crippen LogP contribution is 2.29. The molecule has 1 fully saturated rings. The van der Waals surface area contributed by atoms with Crippen molar-refractivity contribution in [3.63, 3.8) is 0 Å². The van der Waals surface area contributed by atoms with Gasteiger partial charge in [-0.3, -0.25) is 14.6 Å². The number of aromatic nitrogens is 3. The van der Waals surface area contributed by atoms with E-state index in [1.165, 1.54) is 4.90 Å². The molecule has 40 heavy (non-hydrogen) atoms. The molecule has 3 N–H and O–H groups in total. The van der Waals surface area contributed by atoms with Gasteiger partial charge in [0.05, 0.1) is 43.3 Å². The van der Waals surface area contributed by atoms with Crippen molar-refractivity contribution in [1.82, 2.24) is 25.2 Å². The summed E-state index contributed by atoms with van der Waals surface area (Å²) in [4.78, 5) is 41.8. The Morgan fingerprint density at radius 3 is 2.77 bits per heavy atom. The second-order valence-corrected chi connectivity index (χ2v) is 10.1. The molecule has 2 amide bonds. The topological polar surface area (TPSA) is 139 Å². The number of aryl methyl sites for hydroxylation is 1. The third-order valence-electron chi connectivity index (χ3n) is 7.42. The number of nitrogens with zero attached hydrogens (tertiary/aromatic N) is 4. The van der Waals surface area contributed by atoms with Crippen LogP contribution in [-0.4, -0.2) is 75.8 Å². The molecule has 2 aliphatic rings. The highest BCUT2D eigenvalue weighted by atomic mass is 16.5. The lowest BCUT2D eigenvalue weighted by molar-refractivity contribution is -0.126. The molecule has 210 valence electrons. The van der Waals surface area contributed by atoms with Gasteiger partial charge in [-0.2, -0.15) is 0 Å². The average molecular weight is 547 g/mol. The molecule has 2 aromatic heterocycles. The Bertz CT molecular complexity index is 1390. The Balaban J connectivity index is 1.30. The monoisotopic (exact) mass is 546 g/mol. The van der Waals surface area contributed by atoms with Crippen LogP contribution < -0.4 is 15.4 Å². The summed E-state index contributed by atoms with van der Waals surface area (Å²) in [5.41, 5.74) is 4.02. The van der Waals surface area contributed by atoms with Gasteiger partial charge in [-0.1, -0.05) is 12.1 Å². The molecule has 0 spiro atoms. The molecule has 0 radical (unpaired) electrons. The Hall–Kier alpha value is -4.09. The summed E-state index contributed by atoms with van der Waals surface area (Å²) in [5, 5.41) is 16.2. The average Bonchev–Trinajstić information content (AvgIpc) is 3.32. The summed E-state index contributed by atoms with van der Waals surface area (Å²) >= 11 is 0. The first-order valence-corrected chi connectivity index (χ1v) is 13.4. The fraction of sp³-hybridized carbons (Fsp3) is 0.414. The van der Waals surface area contributed by atoms with Gasteiger partial charge in [0.1, 0.15) is 11.8 Å². The van der Waals surface area contributed by atoms with E-state index in [2.05, 4.69) is 20.6 Å². The van der Waals surface area contributed by atoms with Gasteiger partial charge < -0.3 is 30.1 Å². The van der Waals surface area contributed by atoms with Crippen molar-refractivity contribution in [1.29, 1.82) is 0 Å². The number of carbonyl (C=O) groups excluding carboxylic acids is 2. The number of pyridine rings is 1. The predicted octanol–water partition coefficient (Wildman–Crippen LogP) is 2.64. The number of aliphatic hydroxyl groups is 1. The summed E-state index contributed by atoms with van der Waals surface area (Å²) in [6, 6.07) is 7.76. The van der Waals surface area contributed by atoms with E-state index in [9.17, 15) is 14.7 Å². The van der Waals surface area contributed by atoms with E-state index in [4.69, 9.17) is 14.5 Å². The smallest absolute Gasteiger partial charge is 0.256 e. The van der Waals surface area contributed by atoms with Crippen molar-refractivity contribution >= 4 is 17.8 Å². The minimum atomic E-state index is -0.777. The van der Waals surface area contributed by atoms with Gasteiger partial charge in [-0.05, 0) is 56.0 Å². The molecule has 1 saturated heterocycles. The van der Waals surface area contributed by atoms with Gasteiger partial charge in [0.2, 0.25) is 11.9 Å². The number of ether oxygens (including phenoxy) is 2. The van der Waals surface area contributed by atoms with Crippen LogP contribution in [0.5, 0.6) is 5.75 Å². The van der Waals surface area contributed by atoms with Crippen LogP contribution in [0.2, 0.25) is 0 Å². The zero-order valence-electron chi connectivity index (χ0n) is 22.9. The molecule has 11 nitrogen and oxygen atoms in total. The molecule has 0 aliphatic carbocycles. The second kappa shape index (κ2) is 12.0. The fourth-order valence-corrected chi connectivity index (χ4v) is 4.99. The number of hydrogen-bond acceptors (Lipinski definition) is 9. The standard InChI is InChI=1S/C29H34N6O5/c1-17-13-31-29(32-21-7-9-40-10-8-21)34-26(17)20-12-23-24(30-14-20)15-35(28(23)38)18(2)27(37)33-25(16-36)19-5-4-6-22(11-19)39-3/h4-6,11-14,18,21,25,36H,7-10,15-16H2,1-3H3,(H,33,37)(H,31,32,34)/t18-,25-/m1/s1. The zero-order chi connectivity index (χ0) is 28.2. The number of rotatable bonds is 9. The highest BCUT2D eigenvalue weighted by molar-refractivity contribution is 6.01. The number of carbonyl (C=O) groups is 2. The summed E-state index contributed by atoms with van der Waals surface area (Å²) in [7, 11) is 1.55. The minimum absolute atomic E-state index is 0.214. The van der Waals surface area contributed by atoms with E-state index >= 15 is 0 Å². The van der Waals surface area contributed by atoms with Crippen LogP contribution in [0.1, 0.15) is 53.0 Å². The van der Waals surface area contributed by atoms with Crippen LogP contribution in [0.3, 0.4) is 0 Å². The van der Waals surface area contributed by atoms with Crippen molar-refractivity contribution in [2.45, 2.75) is 51.4 Å². The Morgan fingerprint density at radius 1 is 1.23 bits per heavy atom. The quantitative estimate of drug-likeness (QED) is 0.370. The second-order valence-electron chi connectivity index (χ2n) is 10.1. The van der Waals surface area contributed by atoms with Crippen LogP contribution in [0.4, 0.5) is 5.95 Å². The maximum absolute atomic E-state index is 13.4. The van der Waals surface area contributed by atoms with E-state index in [0.717, 1.165) is 18.4 Å². The van der Waals surface area contributed by atoms with E-state index in [-0.39, 0.29) is 31.0 Å². The number of hydrogen-bond donors (Lipinski definition) is 3. The van der Waals surface area contributed by atoms with Crippen LogP contribution in [0.25, 0.3) is 11.3 Å². The van der Waals surface area contributed by atoms with Crippen LogP contribution in [0.15, 0.2) is 42.7 Å². The number of amides is 2. The maximum atomic E-state index is 13.4. The third kappa shape index (κ3) is 5.75. The summed E-state index contributed by atoms with van der Waals surface area (Å²) < 4.78 is 10.7. The van der Waals surface area contributed by atoms with E-state index in [1.807, 2.05) is 6.92 Å². The van der Waals surface area contributed by atoms with Gasteiger partial charge in [0.25, 0.3) is 5.91 Å². The minimum Gasteiger partial charge on any atom is -0.497 e. The van der Waals surface area contributed by atoms with Gasteiger partial charge in [-0.15, -0.1) is 0 Å². The van der Waals surface area contributed by atoms with E-state index in [1.54, 1.807) is 56.8 Å². The Morgan fingerprint density at radius 2 is 2.02 bits per heavy atom. The molecule has 2 atom stereocenters. The first-order chi connectivity index (χ1) is 19.4. The molecule has 11 heteroatoms. The van der Waals surface area contributed by atoms with Gasteiger partial charge >= 0.3 is 0 Å². The highest BCUT2D eigenvalue weighted by Gasteiger charge is 2.36. The maximum Gasteiger partial charge on any atom is 0.256 e. The molecule has 2 aliphatic heterocycles. The largest absolute Gasteiger partial charge is 0.497 e. The molecule has 5 rings (SSSR count). The number of fused-ring (bicyclic) bond motifs is 1.